The summed E-state index contributed by atoms with van der Waals surface area (Å²) >= 11 is 0. The molecule has 0 saturated carbocycles. The van der Waals surface area contributed by atoms with Gasteiger partial charge in [0.1, 0.15) is 11.5 Å². The van der Waals surface area contributed by atoms with Crippen molar-refractivity contribution in [3.8, 4) is 11.5 Å². The van der Waals surface area contributed by atoms with Gasteiger partial charge in [-0.15, -0.1) is 0 Å². The van der Waals surface area contributed by atoms with E-state index in [1.807, 2.05) is 70.2 Å². The second kappa shape index (κ2) is 9.32. The maximum Gasteiger partial charge on any atom is 0.216 e. The molecule has 0 spiro atoms. The van der Waals surface area contributed by atoms with E-state index in [-0.39, 0.29) is 11.8 Å². The van der Waals surface area contributed by atoms with E-state index < -0.39 is 10.0 Å². The van der Waals surface area contributed by atoms with Gasteiger partial charge in [0.25, 0.3) is 0 Å². The number of pyridine rings is 1. The van der Waals surface area contributed by atoms with E-state index >= 15 is 0 Å². The molecule has 3 aromatic rings. The SMILES string of the molecule is Cc1nc(-c2ccccn2)nc(NCc2ccc(CS(=O)(=O)NC(C)C)cc2)c1C. The highest BCUT2D eigenvalue weighted by Crippen LogP contribution is 2.21. The number of anilines is 1. The summed E-state index contributed by atoms with van der Waals surface area (Å²) in [5, 5.41) is 3.36. The average molecular weight is 426 g/mol. The van der Waals surface area contributed by atoms with Crippen molar-refractivity contribution >= 4 is 15.8 Å². The molecule has 0 aliphatic heterocycles. The summed E-state index contributed by atoms with van der Waals surface area (Å²) in [6.45, 7) is 8.12. The van der Waals surface area contributed by atoms with Crippen molar-refractivity contribution in [2.24, 2.45) is 0 Å². The van der Waals surface area contributed by atoms with Gasteiger partial charge in [-0.2, -0.15) is 0 Å². The Morgan fingerprint density at radius 2 is 1.67 bits per heavy atom. The Labute approximate surface area is 178 Å². The Kier molecular flexibility index (Phi) is 6.79. The minimum Gasteiger partial charge on any atom is -0.366 e. The molecule has 0 bridgehead atoms. The van der Waals surface area contributed by atoms with Crippen LogP contribution in [0.1, 0.15) is 36.2 Å². The van der Waals surface area contributed by atoms with Crippen LogP contribution in [0, 0.1) is 13.8 Å². The third-order valence-corrected chi connectivity index (χ3v) is 6.08. The molecular formula is C22H27N5O2S. The van der Waals surface area contributed by atoms with Crippen LogP contribution < -0.4 is 10.0 Å². The summed E-state index contributed by atoms with van der Waals surface area (Å²) in [5.41, 5.74) is 4.38. The molecule has 2 N–H and O–H groups in total. The Hall–Kier alpha value is -2.84. The maximum absolute atomic E-state index is 12.1. The number of benzene rings is 1. The first-order chi connectivity index (χ1) is 14.2. The van der Waals surface area contributed by atoms with E-state index in [9.17, 15) is 8.42 Å². The molecule has 30 heavy (non-hydrogen) atoms. The van der Waals surface area contributed by atoms with E-state index in [2.05, 4.69) is 25.0 Å². The molecule has 0 aliphatic rings. The summed E-state index contributed by atoms with van der Waals surface area (Å²) in [6, 6.07) is 13.1. The normalized spacial score (nSPS) is 11.6. The summed E-state index contributed by atoms with van der Waals surface area (Å²) in [7, 11) is -3.33. The zero-order valence-electron chi connectivity index (χ0n) is 17.7. The molecule has 3 rings (SSSR count). The van der Waals surface area contributed by atoms with Crippen LogP contribution in [0.4, 0.5) is 5.82 Å². The second-order valence-electron chi connectivity index (χ2n) is 7.52. The molecule has 0 atom stereocenters. The lowest BCUT2D eigenvalue weighted by Crippen LogP contribution is -2.31. The van der Waals surface area contributed by atoms with Crippen molar-refractivity contribution in [1.82, 2.24) is 19.7 Å². The standard InChI is InChI=1S/C22H27N5O2S/c1-15(2)27-30(28,29)14-19-10-8-18(9-11-19)13-24-21-16(3)17(4)25-22(26-21)20-7-5-6-12-23-20/h5-12,15,27H,13-14H2,1-4H3,(H,24,25,26). The largest absolute Gasteiger partial charge is 0.366 e. The lowest BCUT2D eigenvalue weighted by molar-refractivity contribution is 0.569. The smallest absolute Gasteiger partial charge is 0.216 e. The van der Waals surface area contributed by atoms with Gasteiger partial charge >= 0.3 is 0 Å². The van der Waals surface area contributed by atoms with Crippen molar-refractivity contribution in [2.45, 2.75) is 46.0 Å². The number of hydrogen-bond donors (Lipinski definition) is 2. The Morgan fingerprint density at radius 1 is 0.967 bits per heavy atom. The highest BCUT2D eigenvalue weighted by molar-refractivity contribution is 7.88. The average Bonchev–Trinajstić information content (AvgIpc) is 2.69. The fourth-order valence-electron chi connectivity index (χ4n) is 2.97. The number of rotatable bonds is 8. The molecule has 7 nitrogen and oxygen atoms in total. The molecule has 8 heteroatoms. The maximum atomic E-state index is 12.1. The highest BCUT2D eigenvalue weighted by Gasteiger charge is 2.13. The number of nitrogens with one attached hydrogen (secondary N) is 2. The van der Waals surface area contributed by atoms with Gasteiger partial charge in [-0.25, -0.2) is 23.1 Å². The zero-order valence-corrected chi connectivity index (χ0v) is 18.5. The van der Waals surface area contributed by atoms with Crippen LogP contribution in [-0.2, 0) is 22.3 Å². The third kappa shape index (κ3) is 5.84. The highest BCUT2D eigenvalue weighted by atomic mass is 32.2. The Bertz CT molecular complexity index is 1100. The number of nitrogens with zero attached hydrogens (tertiary/aromatic N) is 3. The van der Waals surface area contributed by atoms with Crippen molar-refractivity contribution in [3.63, 3.8) is 0 Å². The zero-order chi connectivity index (χ0) is 21.7. The minimum absolute atomic E-state index is 0.0312. The molecule has 0 aliphatic carbocycles. The number of sulfonamides is 1. The first-order valence-corrected chi connectivity index (χ1v) is 11.5. The lowest BCUT2D eigenvalue weighted by Gasteiger charge is -2.13. The molecule has 1 aromatic carbocycles. The van der Waals surface area contributed by atoms with Gasteiger partial charge in [0.05, 0.1) is 5.75 Å². The van der Waals surface area contributed by atoms with E-state index in [1.165, 1.54) is 0 Å². The van der Waals surface area contributed by atoms with Gasteiger partial charge in [-0.3, -0.25) is 4.98 Å². The molecule has 0 fully saturated rings. The molecule has 2 heterocycles. The lowest BCUT2D eigenvalue weighted by atomic mass is 10.1. The second-order valence-corrected chi connectivity index (χ2v) is 9.28. The van der Waals surface area contributed by atoms with E-state index in [1.54, 1.807) is 6.20 Å². The van der Waals surface area contributed by atoms with Gasteiger partial charge < -0.3 is 5.32 Å². The summed E-state index contributed by atoms with van der Waals surface area (Å²) in [6.07, 6.45) is 1.72. The quantitative estimate of drug-likeness (QED) is 0.572. The first kappa shape index (κ1) is 21.9. The van der Waals surface area contributed by atoms with Gasteiger partial charge in [0.2, 0.25) is 10.0 Å². The van der Waals surface area contributed by atoms with Crippen LogP contribution in [0.15, 0.2) is 48.7 Å². The molecule has 0 unspecified atom stereocenters. The van der Waals surface area contributed by atoms with Crippen molar-refractivity contribution in [2.75, 3.05) is 5.32 Å². The topological polar surface area (TPSA) is 96.9 Å². The minimum atomic E-state index is -3.33. The molecule has 158 valence electrons. The van der Waals surface area contributed by atoms with Crippen molar-refractivity contribution in [1.29, 1.82) is 0 Å². The summed E-state index contributed by atoms with van der Waals surface area (Å²) in [4.78, 5) is 13.5. The van der Waals surface area contributed by atoms with Crippen molar-refractivity contribution in [3.05, 3.63) is 71.0 Å². The summed E-state index contributed by atoms with van der Waals surface area (Å²) in [5.74, 6) is 1.31. The van der Waals surface area contributed by atoms with Crippen LogP contribution >= 0.6 is 0 Å². The third-order valence-electron chi connectivity index (χ3n) is 4.54. The summed E-state index contributed by atoms with van der Waals surface area (Å²) < 4.78 is 26.8. The fourth-order valence-corrected chi connectivity index (χ4v) is 4.40. The van der Waals surface area contributed by atoms with E-state index in [4.69, 9.17) is 0 Å². The Balaban J connectivity index is 1.71. The molecule has 0 saturated heterocycles. The van der Waals surface area contributed by atoms with E-state index in [0.29, 0.717) is 12.4 Å². The molecule has 0 amide bonds. The fraction of sp³-hybridized carbons (Fsp3) is 0.318. The van der Waals surface area contributed by atoms with Crippen LogP contribution in [0.2, 0.25) is 0 Å². The van der Waals surface area contributed by atoms with Gasteiger partial charge in [0, 0.05) is 30.0 Å². The first-order valence-electron chi connectivity index (χ1n) is 9.82. The van der Waals surface area contributed by atoms with Crippen LogP contribution in [0.5, 0.6) is 0 Å². The molecule has 2 aromatic heterocycles. The van der Waals surface area contributed by atoms with E-state index in [0.717, 1.165) is 33.9 Å². The van der Waals surface area contributed by atoms with Gasteiger partial charge in [-0.1, -0.05) is 30.3 Å². The monoisotopic (exact) mass is 425 g/mol. The van der Waals surface area contributed by atoms with Crippen LogP contribution in [-0.4, -0.2) is 29.4 Å². The predicted octanol–water partition coefficient (Wildman–Crippen LogP) is 3.60. The Morgan fingerprint density at radius 3 is 2.30 bits per heavy atom. The van der Waals surface area contributed by atoms with Gasteiger partial charge in [-0.05, 0) is 51.0 Å². The number of aromatic nitrogens is 3. The van der Waals surface area contributed by atoms with Crippen LogP contribution in [0.3, 0.4) is 0 Å². The molecule has 0 radical (unpaired) electrons. The molecular weight excluding hydrogens is 398 g/mol. The predicted molar refractivity (Wildman–Crippen MR) is 119 cm³/mol. The van der Waals surface area contributed by atoms with Crippen LogP contribution in [0.25, 0.3) is 11.5 Å². The number of hydrogen-bond acceptors (Lipinski definition) is 6. The van der Waals surface area contributed by atoms with Crippen molar-refractivity contribution < 1.29 is 8.42 Å². The van der Waals surface area contributed by atoms with Gasteiger partial charge in [0.15, 0.2) is 5.82 Å². The number of aryl methyl sites for hydroxylation is 1.